The lowest BCUT2D eigenvalue weighted by Gasteiger charge is -2.34. The van der Waals surface area contributed by atoms with Gasteiger partial charge in [-0.3, -0.25) is 0 Å². The van der Waals surface area contributed by atoms with E-state index in [0.717, 1.165) is 11.6 Å². The third-order valence-corrected chi connectivity index (χ3v) is 6.64. The van der Waals surface area contributed by atoms with E-state index in [-0.39, 0.29) is 4.90 Å². The summed E-state index contributed by atoms with van der Waals surface area (Å²) in [7, 11) is -2.03. The second-order valence-corrected chi connectivity index (χ2v) is 8.35. The van der Waals surface area contributed by atoms with Crippen LogP contribution < -0.4 is 9.64 Å². The predicted molar refractivity (Wildman–Crippen MR) is 105 cm³/mol. The van der Waals surface area contributed by atoms with Crippen LogP contribution in [0.2, 0.25) is 0 Å². The molecule has 0 saturated carbocycles. The van der Waals surface area contributed by atoms with Crippen molar-refractivity contribution in [3.8, 4) is 11.6 Å². The number of aromatic nitrogens is 3. The Morgan fingerprint density at radius 1 is 0.893 bits per heavy atom. The highest BCUT2D eigenvalue weighted by Gasteiger charge is 2.29. The molecular weight excluding hydrogens is 378 g/mol. The van der Waals surface area contributed by atoms with Crippen molar-refractivity contribution < 1.29 is 13.2 Å². The minimum atomic E-state index is -3.55. The van der Waals surface area contributed by atoms with Crippen molar-refractivity contribution in [1.29, 1.82) is 0 Å². The number of benzene rings is 1. The summed E-state index contributed by atoms with van der Waals surface area (Å²) in [6.07, 6.45) is 3.82. The van der Waals surface area contributed by atoms with Crippen LogP contribution in [0.3, 0.4) is 0 Å². The number of anilines is 1. The maximum Gasteiger partial charge on any atom is 0.243 e. The van der Waals surface area contributed by atoms with Gasteiger partial charge in [-0.1, -0.05) is 6.07 Å². The lowest BCUT2D eigenvalue weighted by atomic mass is 10.3. The van der Waals surface area contributed by atoms with Crippen LogP contribution >= 0.6 is 0 Å². The molecule has 0 N–H and O–H groups in total. The summed E-state index contributed by atoms with van der Waals surface area (Å²) >= 11 is 0. The number of nitrogens with zero attached hydrogens (tertiary/aromatic N) is 5. The van der Waals surface area contributed by atoms with E-state index < -0.39 is 10.0 Å². The van der Waals surface area contributed by atoms with Gasteiger partial charge in [-0.05, 0) is 36.4 Å². The Kier molecular flexibility index (Phi) is 5.01. The van der Waals surface area contributed by atoms with Crippen LogP contribution in [0.25, 0.3) is 5.82 Å². The normalized spacial score (nSPS) is 15.5. The van der Waals surface area contributed by atoms with Gasteiger partial charge in [-0.25, -0.2) is 8.42 Å². The molecule has 28 heavy (non-hydrogen) atoms. The molecule has 0 unspecified atom stereocenters. The average Bonchev–Trinajstić information content (AvgIpc) is 3.29. The Bertz CT molecular complexity index is 1030. The van der Waals surface area contributed by atoms with Crippen molar-refractivity contribution in [2.24, 2.45) is 0 Å². The molecule has 3 aromatic rings. The second-order valence-electron chi connectivity index (χ2n) is 6.41. The third-order valence-electron chi connectivity index (χ3n) is 4.75. The Hall–Kier alpha value is -2.91. The number of hydrogen-bond acceptors (Lipinski definition) is 6. The van der Waals surface area contributed by atoms with Gasteiger partial charge < -0.3 is 14.2 Å². The standard InChI is InChI=1S/C19H21N5O3S/c1-27-16-5-4-6-17(15-16)28(25,26)24-13-11-23(12-14-24)19-8-7-18(20-21-19)22-9-2-3-10-22/h2-10,15H,11-14H2,1H3. The van der Waals surface area contributed by atoms with E-state index in [1.165, 1.54) is 11.4 Å². The van der Waals surface area contributed by atoms with Crippen LogP contribution in [0.15, 0.2) is 65.8 Å². The van der Waals surface area contributed by atoms with Crippen molar-refractivity contribution in [2.45, 2.75) is 4.90 Å². The summed E-state index contributed by atoms with van der Waals surface area (Å²) < 4.78 is 34.3. The zero-order valence-electron chi connectivity index (χ0n) is 15.5. The van der Waals surface area contributed by atoms with Gasteiger partial charge in [0.15, 0.2) is 11.6 Å². The van der Waals surface area contributed by atoms with Crippen LogP contribution in [0.1, 0.15) is 0 Å². The van der Waals surface area contributed by atoms with E-state index in [1.54, 1.807) is 24.3 Å². The number of methoxy groups -OCH3 is 1. The zero-order valence-corrected chi connectivity index (χ0v) is 16.3. The lowest BCUT2D eigenvalue weighted by molar-refractivity contribution is 0.382. The van der Waals surface area contributed by atoms with Crippen molar-refractivity contribution in [1.82, 2.24) is 19.1 Å². The summed E-state index contributed by atoms with van der Waals surface area (Å²) in [6, 6.07) is 14.2. The molecule has 146 valence electrons. The van der Waals surface area contributed by atoms with E-state index >= 15 is 0 Å². The van der Waals surface area contributed by atoms with Gasteiger partial charge in [0.25, 0.3) is 0 Å². The Balaban J connectivity index is 1.44. The molecule has 1 fully saturated rings. The molecule has 9 heteroatoms. The molecule has 0 radical (unpaired) electrons. The number of sulfonamides is 1. The van der Waals surface area contributed by atoms with Gasteiger partial charge >= 0.3 is 0 Å². The summed E-state index contributed by atoms with van der Waals surface area (Å²) in [4.78, 5) is 2.29. The molecule has 0 bridgehead atoms. The maximum absolute atomic E-state index is 12.9. The Morgan fingerprint density at radius 3 is 2.21 bits per heavy atom. The van der Waals surface area contributed by atoms with E-state index in [1.807, 2.05) is 46.1 Å². The second kappa shape index (κ2) is 7.61. The fourth-order valence-corrected chi connectivity index (χ4v) is 4.64. The monoisotopic (exact) mass is 399 g/mol. The number of ether oxygens (including phenoxy) is 1. The van der Waals surface area contributed by atoms with E-state index in [0.29, 0.717) is 31.9 Å². The molecule has 1 saturated heterocycles. The minimum Gasteiger partial charge on any atom is -0.497 e. The van der Waals surface area contributed by atoms with E-state index in [2.05, 4.69) is 10.2 Å². The van der Waals surface area contributed by atoms with Gasteiger partial charge in [-0.2, -0.15) is 4.31 Å². The molecule has 0 spiro atoms. The fraction of sp³-hybridized carbons (Fsp3) is 0.263. The largest absolute Gasteiger partial charge is 0.497 e. The molecule has 1 aromatic carbocycles. The van der Waals surface area contributed by atoms with Crippen LogP contribution in [0.4, 0.5) is 5.82 Å². The molecular formula is C19H21N5O3S. The highest BCUT2D eigenvalue weighted by atomic mass is 32.2. The van der Waals surface area contributed by atoms with Crippen molar-refractivity contribution in [3.63, 3.8) is 0 Å². The third kappa shape index (κ3) is 3.58. The first-order valence-electron chi connectivity index (χ1n) is 8.94. The highest BCUT2D eigenvalue weighted by molar-refractivity contribution is 7.89. The smallest absolute Gasteiger partial charge is 0.243 e. The Labute approximate surface area is 164 Å². The number of rotatable bonds is 5. The SMILES string of the molecule is COc1cccc(S(=O)(=O)N2CCN(c3ccc(-n4cccc4)nn3)CC2)c1. The van der Waals surface area contributed by atoms with E-state index in [4.69, 9.17) is 4.74 Å². The summed E-state index contributed by atoms with van der Waals surface area (Å²) in [5.74, 6) is 2.01. The highest BCUT2D eigenvalue weighted by Crippen LogP contribution is 2.23. The Morgan fingerprint density at radius 2 is 1.57 bits per heavy atom. The topological polar surface area (TPSA) is 80.6 Å². The van der Waals surface area contributed by atoms with Gasteiger partial charge in [0.05, 0.1) is 12.0 Å². The summed E-state index contributed by atoms with van der Waals surface area (Å²) in [5.41, 5.74) is 0. The van der Waals surface area contributed by atoms with Crippen molar-refractivity contribution in [3.05, 3.63) is 60.9 Å². The molecule has 1 aliphatic rings. The molecule has 0 amide bonds. The van der Waals surface area contributed by atoms with Gasteiger partial charge in [0.1, 0.15) is 5.75 Å². The lowest BCUT2D eigenvalue weighted by Crippen LogP contribution is -2.49. The molecule has 0 atom stereocenters. The minimum absolute atomic E-state index is 0.246. The van der Waals surface area contributed by atoms with Gasteiger partial charge in [0, 0.05) is 44.6 Å². The van der Waals surface area contributed by atoms with Crippen LogP contribution in [-0.2, 0) is 10.0 Å². The summed E-state index contributed by atoms with van der Waals surface area (Å²) in [6.45, 7) is 1.89. The predicted octanol–water partition coefficient (Wildman–Crippen LogP) is 1.79. The zero-order chi connectivity index (χ0) is 19.6. The van der Waals surface area contributed by atoms with Crippen LogP contribution in [-0.4, -0.2) is 60.8 Å². The first kappa shape index (κ1) is 18.5. The quantitative estimate of drug-likeness (QED) is 0.651. The maximum atomic E-state index is 12.9. The first-order valence-corrected chi connectivity index (χ1v) is 10.4. The molecule has 2 aromatic heterocycles. The number of hydrogen-bond donors (Lipinski definition) is 0. The van der Waals surface area contributed by atoms with Crippen LogP contribution in [0, 0.1) is 0 Å². The molecule has 1 aliphatic heterocycles. The van der Waals surface area contributed by atoms with Gasteiger partial charge in [0.2, 0.25) is 10.0 Å². The molecule has 3 heterocycles. The van der Waals surface area contributed by atoms with Crippen molar-refractivity contribution >= 4 is 15.8 Å². The first-order chi connectivity index (χ1) is 13.6. The van der Waals surface area contributed by atoms with E-state index in [9.17, 15) is 8.42 Å². The molecule has 0 aliphatic carbocycles. The number of piperazine rings is 1. The fourth-order valence-electron chi connectivity index (χ4n) is 3.18. The molecule has 8 nitrogen and oxygen atoms in total. The van der Waals surface area contributed by atoms with Crippen LogP contribution in [0.5, 0.6) is 5.75 Å². The van der Waals surface area contributed by atoms with Crippen molar-refractivity contribution in [2.75, 3.05) is 38.2 Å². The van der Waals surface area contributed by atoms with Gasteiger partial charge in [-0.15, -0.1) is 10.2 Å². The average molecular weight is 399 g/mol. The molecule has 4 rings (SSSR count). The summed E-state index contributed by atoms with van der Waals surface area (Å²) in [5, 5.41) is 8.55.